The van der Waals surface area contributed by atoms with Gasteiger partial charge in [-0.25, -0.2) is 8.42 Å². The number of carbonyl (C=O) groups excluding carboxylic acids is 2. The summed E-state index contributed by atoms with van der Waals surface area (Å²) >= 11 is 0. The molecule has 11 nitrogen and oxygen atoms in total. The van der Waals surface area contributed by atoms with Crippen molar-refractivity contribution in [2.75, 3.05) is 19.3 Å². The summed E-state index contributed by atoms with van der Waals surface area (Å²) in [5, 5.41) is 8.75. The predicted octanol–water partition coefficient (Wildman–Crippen LogP) is 2.37. The molecule has 3 saturated carbocycles. The summed E-state index contributed by atoms with van der Waals surface area (Å²) < 4.78 is 39.1. The first-order valence-electron chi connectivity index (χ1n) is 15.8. The monoisotopic (exact) mass is 631 g/mol. The Hall–Kier alpha value is -2.64. The van der Waals surface area contributed by atoms with Crippen LogP contribution in [0.5, 0.6) is 0 Å². The van der Waals surface area contributed by atoms with Gasteiger partial charge in [0.1, 0.15) is 11.8 Å². The van der Waals surface area contributed by atoms with Crippen LogP contribution < -0.4 is 21.7 Å². The molecule has 5 N–H and O–H groups in total. The third kappa shape index (κ3) is 7.42. The Morgan fingerprint density at radius 2 is 1.82 bits per heavy atom. The van der Waals surface area contributed by atoms with Gasteiger partial charge in [0.05, 0.1) is 22.5 Å². The number of carbonyl (C=O) groups is 2. The average Bonchev–Trinajstić information content (AvgIpc) is 3.31. The van der Waals surface area contributed by atoms with Crippen molar-refractivity contribution in [2.24, 2.45) is 33.9 Å². The Balaban J connectivity index is 1.47. The number of aliphatic imine (C=N–C) groups is 1. The second-order valence-corrected chi connectivity index (χ2v) is 15.9. The van der Waals surface area contributed by atoms with E-state index in [1.54, 1.807) is 19.2 Å². The molecule has 0 radical (unpaired) electrons. The number of hydrogen-bond donors (Lipinski definition) is 4. The molecule has 1 saturated heterocycles. The smallest absolute Gasteiger partial charge is 0.404 e. The lowest BCUT2D eigenvalue weighted by Gasteiger charge is -2.64. The number of nitrogens with one attached hydrogen (secondary N) is 3. The highest BCUT2D eigenvalue weighted by Gasteiger charge is 2.68. The fourth-order valence-corrected chi connectivity index (χ4v) is 8.35. The van der Waals surface area contributed by atoms with E-state index >= 15 is 0 Å². The van der Waals surface area contributed by atoms with Crippen molar-refractivity contribution in [3.8, 4) is 0 Å². The summed E-state index contributed by atoms with van der Waals surface area (Å²) in [5.74, 6) is -0.884. The average molecular weight is 632 g/mol. The summed E-state index contributed by atoms with van der Waals surface area (Å²) in [6.45, 7) is 13.2. The Labute approximate surface area is 262 Å². The number of sulfone groups is 1. The maximum Gasteiger partial charge on any atom is 0.481 e. The topological polar surface area (TPSA) is 161 Å². The van der Waals surface area contributed by atoms with Gasteiger partial charge in [-0.3, -0.25) is 14.6 Å². The van der Waals surface area contributed by atoms with Crippen LogP contribution in [0.2, 0.25) is 0 Å². The number of nitrogens with two attached hydrogens (primary N) is 1. The summed E-state index contributed by atoms with van der Waals surface area (Å²) in [6.07, 6.45) is 3.37. The Bertz CT molecular complexity index is 1340. The van der Waals surface area contributed by atoms with E-state index in [4.69, 9.17) is 15.0 Å². The number of rotatable bonds is 13. The Kier molecular flexibility index (Phi) is 10.4. The molecule has 13 heteroatoms. The standard InChI is InChI=1S/C31H50BN5O6S/c1-19(2)15-26(32-42-25-17-21-16-24(30(21,4)5)31(25,6)43-32)37-28(39)23(9-8-14-35-29(33)34-7)36-27(38)18-44(40,41)22-12-10-20(3)11-13-22/h10-13,19,21,23-26H,8-9,14-18H2,1-7H3,(H,36,38)(H,37,39)(H3,33,34,35)/t21-,23-,24-,25+,26-,31-/m0/s1. The van der Waals surface area contributed by atoms with Crippen molar-refractivity contribution in [2.45, 2.75) is 102 Å². The summed E-state index contributed by atoms with van der Waals surface area (Å²) in [5.41, 5.74) is 6.41. The zero-order valence-corrected chi connectivity index (χ0v) is 28.0. The molecule has 2 amide bonds. The molecule has 0 spiro atoms. The molecule has 0 aromatic heterocycles. The molecule has 4 fully saturated rings. The first-order chi connectivity index (χ1) is 20.6. The highest BCUT2D eigenvalue weighted by molar-refractivity contribution is 7.92. The van der Waals surface area contributed by atoms with Crippen molar-refractivity contribution in [3.05, 3.63) is 29.8 Å². The molecule has 1 aromatic carbocycles. The number of benzene rings is 1. The molecule has 4 aliphatic rings. The second-order valence-electron chi connectivity index (χ2n) is 14.0. The molecule has 5 rings (SSSR count). The van der Waals surface area contributed by atoms with Gasteiger partial charge in [-0.2, -0.15) is 0 Å². The largest absolute Gasteiger partial charge is 0.481 e. The zero-order valence-electron chi connectivity index (χ0n) is 27.2. The number of nitrogens with zero attached hydrogens (tertiary/aromatic N) is 1. The molecular formula is C31H50BN5O6S. The van der Waals surface area contributed by atoms with E-state index in [0.717, 1.165) is 18.4 Å². The minimum atomic E-state index is -3.90. The van der Waals surface area contributed by atoms with Crippen LogP contribution in [0, 0.1) is 30.1 Å². The molecular weight excluding hydrogens is 581 g/mol. The Morgan fingerprint density at radius 3 is 2.43 bits per heavy atom. The molecule has 1 heterocycles. The lowest BCUT2D eigenvalue weighted by atomic mass is 9.43. The quantitative estimate of drug-likeness (QED) is 0.112. The molecule has 3 aliphatic carbocycles. The van der Waals surface area contributed by atoms with Gasteiger partial charge in [-0.05, 0) is 81.3 Å². The van der Waals surface area contributed by atoms with Crippen LogP contribution in [0.25, 0.3) is 0 Å². The van der Waals surface area contributed by atoms with E-state index in [0.29, 0.717) is 31.2 Å². The first-order valence-corrected chi connectivity index (χ1v) is 17.4. The molecule has 244 valence electrons. The Morgan fingerprint density at radius 1 is 1.14 bits per heavy atom. The van der Waals surface area contributed by atoms with Crippen LogP contribution in [0.15, 0.2) is 34.2 Å². The highest BCUT2D eigenvalue weighted by atomic mass is 32.2. The number of aryl methyl sites for hydroxylation is 1. The van der Waals surface area contributed by atoms with Crippen molar-refractivity contribution in [1.29, 1.82) is 0 Å². The van der Waals surface area contributed by atoms with Crippen molar-refractivity contribution < 1.29 is 27.3 Å². The molecule has 0 unspecified atom stereocenters. The van der Waals surface area contributed by atoms with Crippen molar-refractivity contribution in [3.63, 3.8) is 0 Å². The summed E-state index contributed by atoms with van der Waals surface area (Å²) in [4.78, 5) is 30.8. The fraction of sp³-hybridized carbons (Fsp3) is 0.710. The zero-order chi connectivity index (χ0) is 32.4. The van der Waals surface area contributed by atoms with E-state index in [2.05, 4.69) is 55.6 Å². The molecule has 44 heavy (non-hydrogen) atoms. The van der Waals surface area contributed by atoms with Gasteiger partial charge in [-0.15, -0.1) is 0 Å². The van der Waals surface area contributed by atoms with Gasteiger partial charge < -0.3 is 31.0 Å². The number of amides is 2. The van der Waals surface area contributed by atoms with Gasteiger partial charge >= 0.3 is 7.12 Å². The van der Waals surface area contributed by atoms with Gasteiger partial charge in [0.15, 0.2) is 15.8 Å². The second kappa shape index (κ2) is 13.4. The van der Waals surface area contributed by atoms with Crippen LogP contribution in [-0.2, 0) is 28.7 Å². The lowest BCUT2D eigenvalue weighted by molar-refractivity contribution is -0.199. The van der Waals surface area contributed by atoms with Crippen LogP contribution in [0.1, 0.15) is 72.3 Å². The third-order valence-electron chi connectivity index (χ3n) is 9.92. The van der Waals surface area contributed by atoms with Gasteiger partial charge in [0, 0.05) is 13.6 Å². The van der Waals surface area contributed by atoms with E-state index < -0.39 is 52.1 Å². The van der Waals surface area contributed by atoms with E-state index in [-0.39, 0.29) is 34.7 Å². The number of guanidine groups is 1. The summed E-state index contributed by atoms with van der Waals surface area (Å²) in [6, 6.07) is 5.35. The van der Waals surface area contributed by atoms with Crippen LogP contribution in [0.3, 0.4) is 0 Å². The third-order valence-corrected chi connectivity index (χ3v) is 11.6. The maximum atomic E-state index is 13.8. The molecule has 1 aliphatic heterocycles. The number of hydrogen-bond acceptors (Lipinski definition) is 7. The maximum absolute atomic E-state index is 13.8. The molecule has 1 aromatic rings. The first kappa shape index (κ1) is 34.2. The van der Waals surface area contributed by atoms with Gasteiger partial charge in [-0.1, -0.05) is 45.4 Å². The minimum absolute atomic E-state index is 0.0323. The normalized spacial score (nSPS) is 27.2. The van der Waals surface area contributed by atoms with Crippen molar-refractivity contribution >= 4 is 34.7 Å². The van der Waals surface area contributed by atoms with E-state index in [1.807, 2.05) is 6.92 Å². The van der Waals surface area contributed by atoms with Gasteiger partial charge in [0.2, 0.25) is 11.8 Å². The van der Waals surface area contributed by atoms with Crippen LogP contribution >= 0.6 is 0 Å². The van der Waals surface area contributed by atoms with E-state index in [1.165, 1.54) is 12.1 Å². The van der Waals surface area contributed by atoms with E-state index in [9.17, 15) is 18.0 Å². The van der Waals surface area contributed by atoms with Gasteiger partial charge in [0.25, 0.3) is 0 Å². The highest BCUT2D eigenvalue weighted by Crippen LogP contribution is 2.65. The van der Waals surface area contributed by atoms with Crippen LogP contribution in [-0.4, -0.2) is 76.3 Å². The van der Waals surface area contributed by atoms with Crippen LogP contribution in [0.4, 0.5) is 0 Å². The predicted molar refractivity (Wildman–Crippen MR) is 171 cm³/mol. The summed E-state index contributed by atoms with van der Waals surface area (Å²) in [7, 11) is -2.95. The van der Waals surface area contributed by atoms with Crippen molar-refractivity contribution in [1.82, 2.24) is 16.0 Å². The fourth-order valence-electron chi connectivity index (χ4n) is 7.21. The SMILES string of the molecule is CN=C(N)NCCC[C@H](NC(=O)CS(=O)(=O)c1ccc(C)cc1)C(=O)N[C@@H](CC(C)C)B1O[C@@H]2C[C@@H]3C[C@@H](C3(C)C)[C@]2(C)O1. The molecule has 2 bridgehead atoms. The molecule has 6 atom stereocenters. The lowest BCUT2D eigenvalue weighted by Crippen LogP contribution is -2.65. The minimum Gasteiger partial charge on any atom is -0.404 e.